The lowest BCUT2D eigenvalue weighted by Gasteiger charge is -2.42. The number of rotatable bonds is 8. The zero-order chi connectivity index (χ0) is 15.5. The Kier molecular flexibility index (Phi) is 6.89. The van der Waals surface area contributed by atoms with Gasteiger partial charge in [-0.1, -0.05) is 6.92 Å². The van der Waals surface area contributed by atoms with Crippen molar-refractivity contribution < 1.29 is 12.3 Å². The van der Waals surface area contributed by atoms with Gasteiger partial charge in [0.2, 0.25) is 0 Å². The quantitative estimate of drug-likeness (QED) is 0.686. The van der Waals surface area contributed by atoms with Crippen molar-refractivity contribution >= 4 is 33.9 Å². The Bertz CT molecular complexity index is 240. The van der Waals surface area contributed by atoms with E-state index < -0.39 is 33.9 Å². The summed E-state index contributed by atoms with van der Waals surface area (Å²) in [6, 6.07) is 0. The Morgan fingerprint density at radius 2 is 0.895 bits per heavy atom. The molecule has 116 valence electrons. The summed E-state index contributed by atoms with van der Waals surface area (Å²) >= 11 is 0. The highest BCUT2D eigenvalue weighted by molar-refractivity contribution is 6.89. The van der Waals surface area contributed by atoms with Crippen molar-refractivity contribution in [2.45, 2.75) is 65.8 Å². The lowest BCUT2D eigenvalue weighted by Crippen LogP contribution is -2.68. The maximum absolute atomic E-state index is 6.41. The van der Waals surface area contributed by atoms with E-state index in [9.17, 15) is 0 Å². The average molecular weight is 340 g/mol. The molecule has 0 aliphatic carbocycles. The molecule has 0 saturated carbocycles. The number of hydrogen-bond acceptors (Lipinski definition) is 4. The SMILES string of the molecule is CCN[Si](O[Si](C)(C)C)(O[Si](C)(C)C)O[Si](C)(C)C. The van der Waals surface area contributed by atoms with Crippen molar-refractivity contribution in [3.63, 3.8) is 0 Å². The second kappa shape index (κ2) is 6.65. The molecule has 0 aromatic rings. The van der Waals surface area contributed by atoms with Crippen LogP contribution >= 0.6 is 0 Å². The van der Waals surface area contributed by atoms with E-state index in [4.69, 9.17) is 12.3 Å². The molecule has 0 aromatic carbocycles. The summed E-state index contributed by atoms with van der Waals surface area (Å²) in [7, 11) is -7.97. The van der Waals surface area contributed by atoms with Crippen LogP contribution in [-0.4, -0.2) is 40.5 Å². The fraction of sp³-hybridized carbons (Fsp3) is 1.00. The van der Waals surface area contributed by atoms with Crippen LogP contribution in [0.2, 0.25) is 58.9 Å². The van der Waals surface area contributed by atoms with Gasteiger partial charge in [0.25, 0.3) is 0 Å². The molecule has 0 atom stereocenters. The Hall–Kier alpha value is 0.708. The Balaban J connectivity index is 5.34. The van der Waals surface area contributed by atoms with E-state index in [0.29, 0.717) is 0 Å². The molecule has 0 aliphatic rings. The summed E-state index contributed by atoms with van der Waals surface area (Å²) < 4.78 is 19.2. The van der Waals surface area contributed by atoms with E-state index in [1.807, 2.05) is 0 Å². The predicted molar refractivity (Wildman–Crippen MR) is 92.7 cm³/mol. The van der Waals surface area contributed by atoms with Gasteiger partial charge in [0.15, 0.2) is 25.0 Å². The van der Waals surface area contributed by atoms with Crippen LogP contribution in [0.4, 0.5) is 0 Å². The topological polar surface area (TPSA) is 39.7 Å². The van der Waals surface area contributed by atoms with Crippen LogP contribution in [0.3, 0.4) is 0 Å². The Morgan fingerprint density at radius 1 is 0.632 bits per heavy atom. The van der Waals surface area contributed by atoms with Gasteiger partial charge in [-0.3, -0.25) is 4.98 Å². The first kappa shape index (κ1) is 19.7. The number of hydrogen-bond donors (Lipinski definition) is 1. The van der Waals surface area contributed by atoms with Gasteiger partial charge in [0.1, 0.15) is 0 Å². The van der Waals surface area contributed by atoms with E-state index >= 15 is 0 Å². The van der Waals surface area contributed by atoms with Crippen molar-refractivity contribution in [1.29, 1.82) is 0 Å². The van der Waals surface area contributed by atoms with Crippen molar-refractivity contribution in [2.24, 2.45) is 0 Å². The standard InChI is InChI=1S/C11H33NO3Si4/c1-11-12-19(13-16(2,3)4,14-17(5,6)7)15-18(8,9)10/h12H,11H2,1-10H3. The van der Waals surface area contributed by atoms with Crippen LogP contribution in [-0.2, 0) is 12.3 Å². The van der Waals surface area contributed by atoms with Crippen LogP contribution < -0.4 is 4.98 Å². The molecule has 0 heterocycles. The van der Waals surface area contributed by atoms with E-state index in [1.165, 1.54) is 0 Å². The maximum atomic E-state index is 6.41. The smallest absolute Gasteiger partial charge is 0.405 e. The first-order chi connectivity index (χ1) is 8.18. The molecule has 0 spiro atoms. The molecule has 0 fully saturated rings. The summed E-state index contributed by atoms with van der Waals surface area (Å²) in [5.41, 5.74) is 0. The van der Waals surface area contributed by atoms with Gasteiger partial charge in [0, 0.05) is 0 Å². The molecule has 0 aliphatic heterocycles. The van der Waals surface area contributed by atoms with Gasteiger partial charge in [0.05, 0.1) is 0 Å². The average Bonchev–Trinajstić information content (AvgIpc) is 1.90. The minimum atomic E-state index is -2.77. The van der Waals surface area contributed by atoms with Crippen LogP contribution in [0.15, 0.2) is 0 Å². The van der Waals surface area contributed by atoms with Crippen molar-refractivity contribution in [3.8, 4) is 0 Å². The largest absolute Gasteiger partial charge is 0.565 e. The Labute approximate surface area is 124 Å². The van der Waals surface area contributed by atoms with Crippen molar-refractivity contribution in [2.75, 3.05) is 6.54 Å². The zero-order valence-corrected chi connectivity index (χ0v) is 18.4. The summed E-state index contributed by atoms with van der Waals surface area (Å²) in [6.07, 6.45) is 0. The molecular weight excluding hydrogens is 306 g/mol. The van der Waals surface area contributed by atoms with Crippen LogP contribution in [0, 0.1) is 0 Å². The molecular formula is C11H33NO3Si4. The van der Waals surface area contributed by atoms with Crippen molar-refractivity contribution in [3.05, 3.63) is 0 Å². The Morgan fingerprint density at radius 3 is 1.05 bits per heavy atom. The number of nitrogens with one attached hydrogen (secondary N) is 1. The molecule has 1 N–H and O–H groups in total. The second-order valence-corrected chi connectivity index (χ2v) is 24.3. The molecule has 0 saturated heterocycles. The molecule has 0 aromatic heterocycles. The molecule has 4 nitrogen and oxygen atoms in total. The van der Waals surface area contributed by atoms with Gasteiger partial charge in [-0.25, -0.2) is 0 Å². The highest BCUT2D eigenvalue weighted by Crippen LogP contribution is 2.23. The van der Waals surface area contributed by atoms with Gasteiger partial charge < -0.3 is 12.3 Å². The molecule has 19 heavy (non-hydrogen) atoms. The maximum Gasteiger partial charge on any atom is 0.565 e. The van der Waals surface area contributed by atoms with E-state index in [2.05, 4.69) is 70.8 Å². The molecule has 0 rings (SSSR count). The molecule has 8 heteroatoms. The van der Waals surface area contributed by atoms with Gasteiger partial charge in [-0.2, -0.15) is 0 Å². The van der Waals surface area contributed by atoms with Gasteiger partial charge in [-0.15, -0.1) is 0 Å². The minimum Gasteiger partial charge on any atom is -0.405 e. The third-order valence-electron chi connectivity index (χ3n) is 1.71. The van der Waals surface area contributed by atoms with E-state index in [-0.39, 0.29) is 0 Å². The van der Waals surface area contributed by atoms with Crippen LogP contribution in [0.5, 0.6) is 0 Å². The summed E-state index contributed by atoms with van der Waals surface area (Å²) in [5, 5.41) is 0. The fourth-order valence-corrected chi connectivity index (χ4v) is 14.2. The van der Waals surface area contributed by atoms with Gasteiger partial charge >= 0.3 is 8.97 Å². The van der Waals surface area contributed by atoms with E-state index in [1.54, 1.807) is 0 Å². The molecule has 0 amide bonds. The van der Waals surface area contributed by atoms with Crippen LogP contribution in [0.25, 0.3) is 0 Å². The third kappa shape index (κ3) is 10.1. The molecule has 0 radical (unpaired) electrons. The monoisotopic (exact) mass is 339 g/mol. The molecule has 0 unspecified atom stereocenters. The van der Waals surface area contributed by atoms with Crippen LogP contribution in [0.1, 0.15) is 6.92 Å². The van der Waals surface area contributed by atoms with E-state index in [0.717, 1.165) is 6.54 Å². The first-order valence-corrected chi connectivity index (χ1v) is 19.0. The highest BCUT2D eigenvalue weighted by Gasteiger charge is 2.50. The zero-order valence-electron chi connectivity index (χ0n) is 14.4. The normalized spacial score (nSPS) is 14.8. The predicted octanol–water partition coefficient (Wildman–Crippen LogP) is 3.59. The molecule has 0 bridgehead atoms. The summed E-state index contributed by atoms with van der Waals surface area (Å²) in [5.74, 6) is 0. The van der Waals surface area contributed by atoms with Crippen molar-refractivity contribution in [1.82, 2.24) is 4.98 Å². The second-order valence-electron chi connectivity index (χ2n) is 7.73. The summed E-state index contributed by atoms with van der Waals surface area (Å²) in [4.78, 5) is 3.44. The van der Waals surface area contributed by atoms with Gasteiger partial charge in [-0.05, 0) is 65.5 Å². The fourth-order valence-electron chi connectivity index (χ4n) is 1.60. The summed E-state index contributed by atoms with van der Waals surface area (Å²) in [6.45, 7) is 22.6. The lowest BCUT2D eigenvalue weighted by molar-refractivity contribution is 0.235. The highest BCUT2D eigenvalue weighted by atomic mass is 28.5. The lowest BCUT2D eigenvalue weighted by atomic mass is 10.8. The first-order valence-electron chi connectivity index (χ1n) is 7.04. The minimum absolute atomic E-state index is 0.811. The third-order valence-corrected chi connectivity index (χ3v) is 13.1.